The largest absolute Gasteiger partial charge is 0.394 e. The third-order valence-corrected chi connectivity index (χ3v) is 16.8. The van der Waals surface area contributed by atoms with E-state index in [9.17, 15) is 14.4 Å². The lowest BCUT2D eigenvalue weighted by Gasteiger charge is -2.27. The van der Waals surface area contributed by atoms with Crippen LogP contribution in [0.3, 0.4) is 0 Å². The maximum atomic E-state index is 13.8. The lowest BCUT2D eigenvalue weighted by molar-refractivity contribution is 0.172. The van der Waals surface area contributed by atoms with Crippen molar-refractivity contribution in [2.75, 3.05) is 39.6 Å². The lowest BCUT2D eigenvalue weighted by atomic mass is 10.4. The molecular weight excluding hydrogens is 667 g/mol. The van der Waals surface area contributed by atoms with Crippen LogP contribution >= 0.6 is 0 Å². The second-order valence-electron chi connectivity index (χ2n) is 13.1. The predicted molar refractivity (Wildman–Crippen MR) is 200 cm³/mol. The minimum absolute atomic E-state index is 0.183. The van der Waals surface area contributed by atoms with Crippen LogP contribution in [0.4, 0.5) is 0 Å². The lowest BCUT2D eigenvalue weighted by Crippen LogP contribution is -2.55. The van der Waals surface area contributed by atoms with Crippen LogP contribution < -0.4 is 17.1 Å². The third kappa shape index (κ3) is 15.8. The SMILES string of the molecule is CCCO[Si](C)(CCCn1c(=O)n(CCC[Si](C)(OCCC)OCCC)c(=O)n(CCC[Si](C)(OCCC)OCCC)c1=O)OCCC. The summed E-state index contributed by atoms with van der Waals surface area (Å²) in [6, 6.07) is 1.91. The van der Waals surface area contributed by atoms with Gasteiger partial charge in [0.25, 0.3) is 0 Å². The van der Waals surface area contributed by atoms with Crippen molar-refractivity contribution in [3.63, 3.8) is 0 Å². The standard InChI is InChI=1S/C33H69N3O9Si3/c1-10-22-40-46(7,41-23-11-2)28-16-19-34-31(37)35(20-17-29-47(8,42-24-12-3)43-25-13-4)33(39)36(32(34)38)21-18-30-48(9,44-26-14-5)45-27-15-6/h10-30H2,1-9H3. The molecule has 282 valence electrons. The molecule has 0 unspecified atom stereocenters. The van der Waals surface area contributed by atoms with E-state index in [4.69, 9.17) is 26.6 Å². The van der Waals surface area contributed by atoms with Gasteiger partial charge in [-0.3, -0.25) is 0 Å². The number of nitrogens with zero attached hydrogens (tertiary/aromatic N) is 3. The molecule has 0 saturated carbocycles. The normalized spacial score (nSPS) is 12.7. The van der Waals surface area contributed by atoms with Crippen LogP contribution in [0.2, 0.25) is 37.8 Å². The van der Waals surface area contributed by atoms with E-state index >= 15 is 0 Å². The number of aromatic nitrogens is 3. The topological polar surface area (TPSA) is 121 Å². The highest BCUT2D eigenvalue weighted by atomic mass is 28.4. The molecule has 1 heterocycles. The van der Waals surface area contributed by atoms with Gasteiger partial charge in [-0.1, -0.05) is 41.5 Å². The first-order valence-corrected chi connectivity index (χ1v) is 26.2. The Morgan fingerprint density at radius 2 is 0.583 bits per heavy atom. The van der Waals surface area contributed by atoms with E-state index in [1.165, 1.54) is 13.7 Å². The molecule has 0 fully saturated rings. The average Bonchev–Trinajstić information content (AvgIpc) is 3.07. The minimum atomic E-state index is -2.49. The van der Waals surface area contributed by atoms with Crippen molar-refractivity contribution in [2.45, 2.75) is 157 Å². The smallest absolute Gasteiger partial charge is 0.336 e. The van der Waals surface area contributed by atoms with E-state index in [2.05, 4.69) is 41.5 Å². The zero-order valence-corrected chi connectivity index (χ0v) is 34.9. The van der Waals surface area contributed by atoms with Gasteiger partial charge in [0.15, 0.2) is 0 Å². The van der Waals surface area contributed by atoms with Crippen LogP contribution in [0.25, 0.3) is 0 Å². The number of hydrogen-bond acceptors (Lipinski definition) is 9. The van der Waals surface area contributed by atoms with E-state index in [0.717, 1.165) is 38.5 Å². The summed E-state index contributed by atoms with van der Waals surface area (Å²) in [6.45, 7) is 22.7. The van der Waals surface area contributed by atoms with Crippen LogP contribution in [-0.2, 0) is 46.2 Å². The van der Waals surface area contributed by atoms with E-state index in [1.807, 2.05) is 19.6 Å². The molecule has 0 amide bonds. The average molecular weight is 736 g/mol. The summed E-state index contributed by atoms with van der Waals surface area (Å²) in [5.41, 5.74) is -1.71. The van der Waals surface area contributed by atoms with Crippen molar-refractivity contribution < 1.29 is 26.6 Å². The minimum Gasteiger partial charge on any atom is -0.394 e. The molecule has 0 N–H and O–H groups in total. The molecule has 1 aromatic heterocycles. The summed E-state index contributed by atoms with van der Waals surface area (Å²) >= 11 is 0. The molecule has 0 saturated heterocycles. The molecule has 0 atom stereocenters. The van der Waals surface area contributed by atoms with Crippen LogP contribution in [-0.4, -0.2) is 79.0 Å². The van der Waals surface area contributed by atoms with Gasteiger partial charge in [0.05, 0.1) is 0 Å². The van der Waals surface area contributed by atoms with Gasteiger partial charge in [-0.25, -0.2) is 28.1 Å². The summed E-state index contributed by atoms with van der Waals surface area (Å²) in [5, 5.41) is 0. The van der Waals surface area contributed by atoms with E-state index < -0.39 is 42.8 Å². The Balaban J connectivity index is 3.39. The summed E-state index contributed by atoms with van der Waals surface area (Å²) < 4.78 is 40.8. The van der Waals surface area contributed by atoms with Crippen molar-refractivity contribution in [3.8, 4) is 0 Å². The summed E-state index contributed by atoms with van der Waals surface area (Å²) in [6.07, 6.45) is 6.91. The molecule has 48 heavy (non-hydrogen) atoms. The number of hydrogen-bond donors (Lipinski definition) is 0. The second-order valence-corrected chi connectivity index (χ2v) is 23.1. The van der Waals surface area contributed by atoms with Crippen molar-refractivity contribution in [3.05, 3.63) is 31.5 Å². The van der Waals surface area contributed by atoms with Gasteiger partial charge in [0.1, 0.15) is 0 Å². The molecule has 0 aliphatic heterocycles. The Morgan fingerprint density at radius 1 is 0.396 bits per heavy atom. The molecule has 0 radical (unpaired) electrons. The Labute approximate surface area is 293 Å². The first-order valence-electron chi connectivity index (χ1n) is 18.7. The second kappa shape index (κ2) is 24.1. The van der Waals surface area contributed by atoms with E-state index in [0.29, 0.717) is 77.0 Å². The van der Waals surface area contributed by atoms with Gasteiger partial charge in [-0.2, -0.15) is 0 Å². The van der Waals surface area contributed by atoms with Gasteiger partial charge in [-0.05, 0) is 95.6 Å². The fourth-order valence-corrected chi connectivity index (χ4v) is 12.7. The van der Waals surface area contributed by atoms with Crippen LogP contribution in [0, 0.1) is 0 Å². The first-order chi connectivity index (χ1) is 22.9. The molecular formula is C33H69N3O9Si3. The fraction of sp³-hybridized carbons (Fsp3) is 0.909. The van der Waals surface area contributed by atoms with Crippen molar-refractivity contribution >= 4 is 25.7 Å². The van der Waals surface area contributed by atoms with Crippen molar-refractivity contribution in [2.24, 2.45) is 0 Å². The maximum Gasteiger partial charge on any atom is 0.336 e. The van der Waals surface area contributed by atoms with Gasteiger partial charge in [0, 0.05) is 59.3 Å². The quantitative estimate of drug-likeness (QED) is 0.0861. The summed E-state index contributed by atoms with van der Waals surface area (Å²) in [5.74, 6) is 0. The highest BCUT2D eigenvalue weighted by molar-refractivity contribution is 6.66. The monoisotopic (exact) mass is 735 g/mol. The summed E-state index contributed by atoms with van der Waals surface area (Å²) in [7, 11) is -7.46. The zero-order chi connectivity index (χ0) is 36.1. The first kappa shape index (κ1) is 44.8. The van der Waals surface area contributed by atoms with Crippen LogP contribution in [0.5, 0.6) is 0 Å². The Kier molecular flexibility index (Phi) is 22.5. The highest BCUT2D eigenvalue weighted by Gasteiger charge is 2.33. The molecule has 0 aliphatic rings. The van der Waals surface area contributed by atoms with Gasteiger partial charge >= 0.3 is 42.8 Å². The summed E-state index contributed by atoms with van der Waals surface area (Å²) in [4.78, 5) is 41.4. The molecule has 0 aliphatic carbocycles. The zero-order valence-electron chi connectivity index (χ0n) is 31.9. The molecule has 0 spiro atoms. The third-order valence-electron chi connectivity index (χ3n) is 8.09. The molecule has 15 heteroatoms. The van der Waals surface area contributed by atoms with Crippen LogP contribution in [0.15, 0.2) is 14.4 Å². The van der Waals surface area contributed by atoms with Crippen molar-refractivity contribution in [1.29, 1.82) is 0 Å². The van der Waals surface area contributed by atoms with Crippen LogP contribution in [0.1, 0.15) is 99.3 Å². The molecule has 1 rings (SSSR count). The Hall–Kier alpha value is -1.18. The van der Waals surface area contributed by atoms with E-state index in [1.54, 1.807) is 0 Å². The molecule has 0 bridgehead atoms. The number of rotatable bonds is 30. The fourth-order valence-electron chi connectivity index (χ4n) is 5.40. The predicted octanol–water partition coefficient (Wildman–Crippen LogP) is 6.12. The molecule has 1 aromatic rings. The Bertz CT molecular complexity index is 995. The van der Waals surface area contributed by atoms with Gasteiger partial charge in [-0.15, -0.1) is 0 Å². The van der Waals surface area contributed by atoms with Gasteiger partial charge < -0.3 is 26.6 Å². The Morgan fingerprint density at radius 3 is 0.750 bits per heavy atom. The highest BCUT2D eigenvalue weighted by Crippen LogP contribution is 2.19. The maximum absolute atomic E-state index is 13.8. The molecule has 0 aromatic carbocycles. The van der Waals surface area contributed by atoms with Crippen molar-refractivity contribution in [1.82, 2.24) is 13.7 Å². The van der Waals surface area contributed by atoms with E-state index in [-0.39, 0.29) is 19.6 Å². The molecule has 12 nitrogen and oxygen atoms in total. The van der Waals surface area contributed by atoms with Gasteiger partial charge in [0.2, 0.25) is 0 Å².